The van der Waals surface area contributed by atoms with Crippen LogP contribution in [0.5, 0.6) is 0 Å². The van der Waals surface area contributed by atoms with Crippen molar-refractivity contribution in [2.24, 2.45) is 0 Å². The van der Waals surface area contributed by atoms with Gasteiger partial charge in [0.1, 0.15) is 0 Å². The second-order valence-corrected chi connectivity index (χ2v) is 4.94. The molecule has 1 atom stereocenters. The molecule has 0 amide bonds. The normalized spacial score (nSPS) is 12.2. The summed E-state index contributed by atoms with van der Waals surface area (Å²) in [5, 5.41) is 11.5. The summed E-state index contributed by atoms with van der Waals surface area (Å²) < 4.78 is 0. The number of rotatable bonds is 4. The van der Waals surface area contributed by atoms with Crippen molar-refractivity contribution in [3.8, 4) is 11.3 Å². The Labute approximate surface area is 115 Å². The molecule has 100 valence electrons. The maximum absolute atomic E-state index is 4.26. The molecule has 19 heavy (non-hydrogen) atoms. The Morgan fingerprint density at radius 3 is 2.37 bits per heavy atom. The fourth-order valence-electron chi connectivity index (χ4n) is 2.09. The molecule has 1 aromatic carbocycles. The highest BCUT2D eigenvalue weighted by Crippen LogP contribution is 2.24. The zero-order chi connectivity index (χ0) is 13.8. The van der Waals surface area contributed by atoms with E-state index >= 15 is 0 Å². The van der Waals surface area contributed by atoms with E-state index in [1.807, 2.05) is 14.0 Å². The third-order valence-corrected chi connectivity index (χ3v) is 3.61. The molecule has 1 aromatic heterocycles. The van der Waals surface area contributed by atoms with Crippen LogP contribution in [0.3, 0.4) is 0 Å². The van der Waals surface area contributed by atoms with E-state index < -0.39 is 0 Å². The Kier molecular flexibility index (Phi) is 4.15. The smallest absolute Gasteiger partial charge is 0.151 e. The van der Waals surface area contributed by atoms with Gasteiger partial charge in [0.15, 0.2) is 5.82 Å². The number of anilines is 1. The van der Waals surface area contributed by atoms with Crippen molar-refractivity contribution < 1.29 is 0 Å². The summed E-state index contributed by atoms with van der Waals surface area (Å²) in [6, 6.07) is 10.7. The quantitative estimate of drug-likeness (QED) is 0.897. The van der Waals surface area contributed by atoms with Gasteiger partial charge in [0.2, 0.25) is 0 Å². The molecule has 0 bridgehead atoms. The van der Waals surface area contributed by atoms with Gasteiger partial charge in [-0.25, -0.2) is 0 Å². The van der Waals surface area contributed by atoms with Crippen LogP contribution in [0, 0.1) is 6.92 Å². The summed E-state index contributed by atoms with van der Waals surface area (Å²) in [5.41, 5.74) is 4.53. The summed E-state index contributed by atoms with van der Waals surface area (Å²) in [4.78, 5) is 0. The molecule has 0 aliphatic rings. The van der Waals surface area contributed by atoms with Crippen molar-refractivity contribution in [2.45, 2.75) is 33.1 Å². The zero-order valence-corrected chi connectivity index (χ0v) is 12.1. The van der Waals surface area contributed by atoms with Crippen LogP contribution >= 0.6 is 0 Å². The zero-order valence-electron chi connectivity index (χ0n) is 12.1. The van der Waals surface area contributed by atoms with Crippen molar-refractivity contribution in [1.82, 2.24) is 10.2 Å². The molecule has 0 aliphatic carbocycles. The van der Waals surface area contributed by atoms with Crippen molar-refractivity contribution in [3.05, 3.63) is 41.5 Å². The molecule has 2 aromatic rings. The molecule has 3 nitrogen and oxygen atoms in total. The average Bonchev–Trinajstić information content (AvgIpc) is 2.46. The first kappa shape index (κ1) is 13.5. The van der Waals surface area contributed by atoms with Crippen LogP contribution in [0.15, 0.2) is 30.3 Å². The van der Waals surface area contributed by atoms with Crippen LogP contribution in [-0.2, 0) is 0 Å². The molecule has 0 fully saturated rings. The summed E-state index contributed by atoms with van der Waals surface area (Å²) in [6.45, 7) is 6.50. The van der Waals surface area contributed by atoms with Crippen LogP contribution in [0.4, 0.5) is 5.82 Å². The third-order valence-electron chi connectivity index (χ3n) is 3.61. The van der Waals surface area contributed by atoms with Crippen LogP contribution in [-0.4, -0.2) is 17.2 Å². The van der Waals surface area contributed by atoms with E-state index in [1.165, 1.54) is 5.56 Å². The topological polar surface area (TPSA) is 37.8 Å². The lowest BCUT2D eigenvalue weighted by atomic mass is 9.97. The van der Waals surface area contributed by atoms with Gasteiger partial charge in [0.25, 0.3) is 0 Å². The van der Waals surface area contributed by atoms with Gasteiger partial charge >= 0.3 is 0 Å². The van der Waals surface area contributed by atoms with Crippen molar-refractivity contribution >= 4 is 5.82 Å². The predicted molar refractivity (Wildman–Crippen MR) is 80.5 cm³/mol. The van der Waals surface area contributed by atoms with E-state index in [4.69, 9.17) is 0 Å². The summed E-state index contributed by atoms with van der Waals surface area (Å²) in [7, 11) is 1.86. The fraction of sp³-hybridized carbons (Fsp3) is 0.375. The molecule has 1 heterocycles. The van der Waals surface area contributed by atoms with Crippen molar-refractivity contribution in [3.63, 3.8) is 0 Å². The number of benzene rings is 1. The molecular formula is C16H21N3. The van der Waals surface area contributed by atoms with E-state index in [-0.39, 0.29) is 0 Å². The number of aromatic nitrogens is 2. The Morgan fingerprint density at radius 2 is 1.84 bits per heavy atom. The van der Waals surface area contributed by atoms with Gasteiger partial charge < -0.3 is 5.32 Å². The first-order chi connectivity index (χ1) is 9.15. The standard InChI is InChI=1S/C16H21N3/c1-5-11(2)13-6-8-14(9-7-13)15-10-12(3)16(17-4)19-18-15/h6-11H,5H2,1-4H3,(H,17,19). The molecule has 1 unspecified atom stereocenters. The lowest BCUT2D eigenvalue weighted by molar-refractivity contribution is 0.734. The highest BCUT2D eigenvalue weighted by Gasteiger charge is 2.06. The van der Waals surface area contributed by atoms with E-state index in [2.05, 4.69) is 59.7 Å². The Morgan fingerprint density at radius 1 is 1.16 bits per heavy atom. The summed E-state index contributed by atoms with van der Waals surface area (Å²) >= 11 is 0. The van der Waals surface area contributed by atoms with Crippen LogP contribution < -0.4 is 5.32 Å². The number of hydrogen-bond donors (Lipinski definition) is 1. The predicted octanol–water partition coefficient (Wildman–Crippen LogP) is 4.01. The first-order valence-corrected chi connectivity index (χ1v) is 6.78. The van der Waals surface area contributed by atoms with Gasteiger partial charge in [-0.05, 0) is 36.5 Å². The fourth-order valence-corrected chi connectivity index (χ4v) is 2.09. The van der Waals surface area contributed by atoms with Gasteiger partial charge in [-0.3, -0.25) is 0 Å². The second kappa shape index (κ2) is 5.83. The minimum absolute atomic E-state index is 0.605. The number of nitrogens with one attached hydrogen (secondary N) is 1. The number of aryl methyl sites for hydroxylation is 1. The van der Waals surface area contributed by atoms with E-state index in [1.54, 1.807) is 0 Å². The number of nitrogens with zero attached hydrogens (tertiary/aromatic N) is 2. The molecule has 0 aliphatic heterocycles. The SMILES string of the molecule is CCC(C)c1ccc(-c2cc(C)c(NC)nn2)cc1. The molecule has 3 heteroatoms. The number of hydrogen-bond acceptors (Lipinski definition) is 3. The average molecular weight is 255 g/mol. The lowest BCUT2D eigenvalue weighted by Crippen LogP contribution is -1.99. The first-order valence-electron chi connectivity index (χ1n) is 6.78. The van der Waals surface area contributed by atoms with Gasteiger partial charge in [0.05, 0.1) is 5.69 Å². The summed E-state index contributed by atoms with van der Waals surface area (Å²) in [6.07, 6.45) is 1.16. The maximum Gasteiger partial charge on any atom is 0.151 e. The highest BCUT2D eigenvalue weighted by molar-refractivity contribution is 5.62. The minimum Gasteiger partial charge on any atom is -0.371 e. The lowest BCUT2D eigenvalue weighted by Gasteiger charge is -2.10. The van der Waals surface area contributed by atoms with E-state index in [9.17, 15) is 0 Å². The monoisotopic (exact) mass is 255 g/mol. The molecule has 0 saturated carbocycles. The maximum atomic E-state index is 4.26. The van der Waals surface area contributed by atoms with Crippen molar-refractivity contribution in [2.75, 3.05) is 12.4 Å². The van der Waals surface area contributed by atoms with Crippen LogP contribution in [0.25, 0.3) is 11.3 Å². The summed E-state index contributed by atoms with van der Waals surface area (Å²) in [5.74, 6) is 1.44. The molecule has 0 spiro atoms. The Bertz CT molecular complexity index is 546. The highest BCUT2D eigenvalue weighted by atomic mass is 15.2. The van der Waals surface area contributed by atoms with Crippen molar-refractivity contribution in [1.29, 1.82) is 0 Å². The molecule has 2 rings (SSSR count). The van der Waals surface area contributed by atoms with Crippen LogP contribution in [0.2, 0.25) is 0 Å². The molecule has 1 N–H and O–H groups in total. The Hall–Kier alpha value is -1.90. The molecule has 0 radical (unpaired) electrons. The largest absolute Gasteiger partial charge is 0.371 e. The minimum atomic E-state index is 0.605. The second-order valence-electron chi connectivity index (χ2n) is 4.94. The van der Waals surface area contributed by atoms with E-state index in [0.717, 1.165) is 29.1 Å². The van der Waals surface area contributed by atoms with E-state index in [0.29, 0.717) is 5.92 Å². The van der Waals surface area contributed by atoms with Gasteiger partial charge in [-0.1, -0.05) is 38.1 Å². The van der Waals surface area contributed by atoms with Crippen LogP contribution in [0.1, 0.15) is 37.3 Å². The van der Waals surface area contributed by atoms with Gasteiger partial charge in [-0.15, -0.1) is 10.2 Å². The molecule has 0 saturated heterocycles. The third kappa shape index (κ3) is 2.92. The van der Waals surface area contributed by atoms with Gasteiger partial charge in [-0.2, -0.15) is 0 Å². The molecular weight excluding hydrogens is 234 g/mol. The Balaban J connectivity index is 2.29. The van der Waals surface area contributed by atoms with Gasteiger partial charge in [0, 0.05) is 12.6 Å².